The predicted octanol–water partition coefficient (Wildman–Crippen LogP) is 2.01. The first-order chi connectivity index (χ1) is 6.46. The molecule has 0 atom stereocenters. The average Bonchev–Trinajstić information content (AvgIpc) is 2.81. The average molecular weight is 214 g/mol. The Balaban J connectivity index is 2.68. The molecule has 0 spiro atoms. The van der Waals surface area contributed by atoms with Crippen LogP contribution in [-0.4, -0.2) is 10.2 Å². The molecule has 0 heterocycles. The summed E-state index contributed by atoms with van der Waals surface area (Å²) >= 11 is 5.90. The number of halogens is 1. The molecule has 4 N–H and O–H groups in total. The van der Waals surface area contributed by atoms with E-state index in [9.17, 15) is 10.2 Å². The van der Waals surface area contributed by atoms with Crippen LogP contribution in [0.25, 0.3) is 0 Å². The van der Waals surface area contributed by atoms with Gasteiger partial charge in [-0.3, -0.25) is 0 Å². The Hall–Kier alpha value is -0.930. The van der Waals surface area contributed by atoms with Gasteiger partial charge in [-0.1, -0.05) is 11.6 Å². The molecule has 0 unspecified atom stereocenters. The van der Waals surface area contributed by atoms with Gasteiger partial charge in [-0.15, -0.1) is 0 Å². The Morgan fingerprint density at radius 3 is 2.50 bits per heavy atom. The zero-order valence-electron chi connectivity index (χ0n) is 7.84. The molecule has 0 amide bonds. The molecule has 0 saturated heterocycles. The molecule has 0 aliphatic heterocycles. The van der Waals surface area contributed by atoms with Crippen LogP contribution in [0.2, 0.25) is 5.02 Å². The fraction of sp³-hybridized carbons (Fsp3) is 0.400. The van der Waals surface area contributed by atoms with Crippen LogP contribution in [0.15, 0.2) is 6.07 Å². The van der Waals surface area contributed by atoms with Gasteiger partial charge < -0.3 is 15.9 Å². The number of rotatable bonds is 1. The third-order valence-corrected chi connectivity index (χ3v) is 3.16. The molecule has 0 radical (unpaired) electrons. The summed E-state index contributed by atoms with van der Waals surface area (Å²) in [6.45, 7) is 1.80. The number of nitrogens with two attached hydrogens (primary N) is 1. The Kier molecular flexibility index (Phi) is 1.91. The van der Waals surface area contributed by atoms with Crippen molar-refractivity contribution < 1.29 is 10.2 Å². The highest BCUT2D eigenvalue weighted by atomic mass is 35.5. The zero-order valence-corrected chi connectivity index (χ0v) is 8.60. The quantitative estimate of drug-likeness (QED) is 0.626. The first-order valence-corrected chi connectivity index (χ1v) is 4.84. The van der Waals surface area contributed by atoms with Crippen molar-refractivity contribution in [1.82, 2.24) is 0 Å². The Bertz CT molecular complexity index is 373. The normalized spacial score (nSPS) is 18.2. The van der Waals surface area contributed by atoms with Gasteiger partial charge in [-0.2, -0.15) is 0 Å². The van der Waals surface area contributed by atoms with E-state index in [1.807, 2.05) is 0 Å². The Morgan fingerprint density at radius 2 is 2.00 bits per heavy atom. The smallest absolute Gasteiger partial charge is 0.162 e. The van der Waals surface area contributed by atoms with E-state index in [0.29, 0.717) is 10.6 Å². The van der Waals surface area contributed by atoms with Crippen LogP contribution in [-0.2, 0) is 5.54 Å². The third kappa shape index (κ3) is 1.24. The molecule has 1 fully saturated rings. The molecule has 1 aliphatic carbocycles. The predicted molar refractivity (Wildman–Crippen MR) is 54.6 cm³/mol. The van der Waals surface area contributed by atoms with Gasteiger partial charge in [-0.05, 0) is 25.3 Å². The van der Waals surface area contributed by atoms with Crippen molar-refractivity contribution in [2.24, 2.45) is 5.73 Å². The summed E-state index contributed by atoms with van der Waals surface area (Å²) in [5.74, 6) is -0.334. The summed E-state index contributed by atoms with van der Waals surface area (Å²) in [6, 6.07) is 1.33. The van der Waals surface area contributed by atoms with E-state index < -0.39 is 5.54 Å². The lowest BCUT2D eigenvalue weighted by molar-refractivity contribution is 0.394. The van der Waals surface area contributed by atoms with Crippen LogP contribution in [0, 0.1) is 6.92 Å². The van der Waals surface area contributed by atoms with Crippen LogP contribution in [0.4, 0.5) is 0 Å². The molecule has 0 aromatic heterocycles. The molecule has 1 aromatic carbocycles. The van der Waals surface area contributed by atoms with Crippen LogP contribution in [0.5, 0.6) is 11.5 Å². The summed E-state index contributed by atoms with van der Waals surface area (Å²) in [7, 11) is 0. The lowest BCUT2D eigenvalue weighted by Gasteiger charge is -2.16. The van der Waals surface area contributed by atoms with Gasteiger partial charge >= 0.3 is 0 Å². The lowest BCUT2D eigenvalue weighted by Crippen LogP contribution is -2.20. The van der Waals surface area contributed by atoms with Crippen molar-refractivity contribution in [1.29, 1.82) is 0 Å². The number of hydrogen-bond acceptors (Lipinski definition) is 3. The molecule has 76 valence electrons. The monoisotopic (exact) mass is 213 g/mol. The second-order valence-corrected chi connectivity index (χ2v) is 4.29. The van der Waals surface area contributed by atoms with Gasteiger partial charge in [0.2, 0.25) is 0 Å². The second-order valence-electron chi connectivity index (χ2n) is 3.88. The third-order valence-electron chi connectivity index (χ3n) is 2.76. The molecule has 1 aromatic rings. The molecule has 0 bridgehead atoms. The second kappa shape index (κ2) is 2.78. The number of benzene rings is 1. The molecule has 1 saturated carbocycles. The maximum absolute atomic E-state index is 9.69. The SMILES string of the molecule is Cc1c(Cl)cc(O)c(O)c1C1(N)CC1. The molecule has 2 rings (SSSR count). The van der Waals surface area contributed by atoms with E-state index in [4.69, 9.17) is 17.3 Å². The zero-order chi connectivity index (χ0) is 10.5. The topological polar surface area (TPSA) is 66.5 Å². The van der Waals surface area contributed by atoms with Crippen molar-refractivity contribution in [2.75, 3.05) is 0 Å². The number of phenols is 2. The first kappa shape index (κ1) is 9.62. The van der Waals surface area contributed by atoms with Crippen molar-refractivity contribution in [3.8, 4) is 11.5 Å². The minimum absolute atomic E-state index is 0.132. The molecule has 1 aliphatic rings. The van der Waals surface area contributed by atoms with E-state index in [-0.39, 0.29) is 11.5 Å². The molecular weight excluding hydrogens is 202 g/mol. The van der Waals surface area contributed by atoms with Crippen LogP contribution < -0.4 is 5.73 Å². The summed E-state index contributed by atoms with van der Waals surface area (Å²) in [5, 5.41) is 19.5. The fourth-order valence-corrected chi connectivity index (χ4v) is 1.91. The number of phenolic OH excluding ortho intramolecular Hbond substituents is 2. The van der Waals surface area contributed by atoms with Crippen molar-refractivity contribution in [2.45, 2.75) is 25.3 Å². The van der Waals surface area contributed by atoms with Crippen LogP contribution in [0.1, 0.15) is 24.0 Å². The van der Waals surface area contributed by atoms with Crippen LogP contribution >= 0.6 is 11.6 Å². The van der Waals surface area contributed by atoms with Gasteiger partial charge in [0.1, 0.15) is 0 Å². The number of aromatic hydroxyl groups is 2. The van der Waals surface area contributed by atoms with E-state index in [0.717, 1.165) is 18.4 Å². The first-order valence-electron chi connectivity index (χ1n) is 4.46. The van der Waals surface area contributed by atoms with E-state index in [1.54, 1.807) is 6.92 Å². The van der Waals surface area contributed by atoms with Crippen molar-refractivity contribution in [3.05, 3.63) is 22.2 Å². The largest absolute Gasteiger partial charge is 0.504 e. The van der Waals surface area contributed by atoms with Gasteiger partial charge in [0.15, 0.2) is 11.5 Å². The fourth-order valence-electron chi connectivity index (χ4n) is 1.72. The maximum atomic E-state index is 9.69. The van der Waals surface area contributed by atoms with Crippen molar-refractivity contribution in [3.63, 3.8) is 0 Å². The summed E-state index contributed by atoms with van der Waals surface area (Å²) in [4.78, 5) is 0. The summed E-state index contributed by atoms with van der Waals surface area (Å²) < 4.78 is 0. The summed E-state index contributed by atoms with van der Waals surface area (Å²) in [5.41, 5.74) is 6.83. The van der Waals surface area contributed by atoms with E-state index in [1.165, 1.54) is 6.07 Å². The van der Waals surface area contributed by atoms with Gasteiger partial charge in [0, 0.05) is 22.2 Å². The maximum Gasteiger partial charge on any atom is 0.162 e. The van der Waals surface area contributed by atoms with Crippen molar-refractivity contribution >= 4 is 11.6 Å². The minimum atomic E-state index is -0.490. The molecule has 4 heteroatoms. The Morgan fingerprint density at radius 1 is 1.43 bits per heavy atom. The molecule has 3 nitrogen and oxygen atoms in total. The van der Waals surface area contributed by atoms with Gasteiger partial charge in [0.25, 0.3) is 0 Å². The van der Waals surface area contributed by atoms with Gasteiger partial charge in [-0.25, -0.2) is 0 Å². The lowest BCUT2D eigenvalue weighted by atomic mass is 9.98. The highest BCUT2D eigenvalue weighted by molar-refractivity contribution is 6.31. The van der Waals surface area contributed by atoms with Gasteiger partial charge in [0.05, 0.1) is 0 Å². The van der Waals surface area contributed by atoms with E-state index in [2.05, 4.69) is 0 Å². The highest BCUT2D eigenvalue weighted by Gasteiger charge is 2.44. The Labute approximate surface area is 87.1 Å². The van der Waals surface area contributed by atoms with Crippen LogP contribution in [0.3, 0.4) is 0 Å². The minimum Gasteiger partial charge on any atom is -0.504 e. The summed E-state index contributed by atoms with van der Waals surface area (Å²) in [6.07, 6.45) is 1.64. The molecular formula is C10H12ClNO2. The molecule has 14 heavy (non-hydrogen) atoms. The standard InChI is InChI=1S/C10H12ClNO2/c1-5-6(11)4-7(13)9(14)8(5)10(12)2-3-10/h4,13-14H,2-3,12H2,1H3. The van der Waals surface area contributed by atoms with E-state index >= 15 is 0 Å². The highest BCUT2D eigenvalue weighted by Crippen LogP contribution is 2.51. The number of hydrogen-bond donors (Lipinski definition) is 3.